The van der Waals surface area contributed by atoms with Crippen LogP contribution in [0.15, 0.2) is 15.9 Å². The number of amides is 1. The molecule has 1 aliphatic rings. The highest BCUT2D eigenvalue weighted by molar-refractivity contribution is 9.10. The van der Waals surface area contributed by atoms with Crippen LogP contribution >= 0.6 is 39.7 Å². The van der Waals surface area contributed by atoms with Gasteiger partial charge in [-0.05, 0) is 59.8 Å². The molecule has 1 saturated heterocycles. The van der Waals surface area contributed by atoms with Crippen molar-refractivity contribution in [1.82, 2.24) is 10.6 Å². The summed E-state index contributed by atoms with van der Waals surface area (Å²) in [6, 6.07) is 2.09. The third-order valence-electron chi connectivity index (χ3n) is 3.74. The van der Waals surface area contributed by atoms with Gasteiger partial charge in [-0.3, -0.25) is 4.79 Å². The van der Waals surface area contributed by atoms with Crippen LogP contribution in [0.3, 0.4) is 0 Å². The van der Waals surface area contributed by atoms with Gasteiger partial charge in [-0.25, -0.2) is 0 Å². The van der Waals surface area contributed by atoms with Crippen LogP contribution in [0.25, 0.3) is 0 Å². The molecule has 0 aliphatic carbocycles. The van der Waals surface area contributed by atoms with Crippen LogP contribution in [-0.4, -0.2) is 25.5 Å². The summed E-state index contributed by atoms with van der Waals surface area (Å²) in [6.07, 6.45) is 3.71. The van der Waals surface area contributed by atoms with Crippen LogP contribution < -0.4 is 10.6 Å². The Morgan fingerprint density at radius 2 is 2.20 bits per heavy atom. The predicted molar refractivity (Wildman–Crippen MR) is 90.8 cm³/mol. The van der Waals surface area contributed by atoms with E-state index in [1.54, 1.807) is 11.3 Å². The van der Waals surface area contributed by atoms with Crippen molar-refractivity contribution in [3.8, 4) is 0 Å². The molecule has 2 rings (SSSR count). The Hall–Kier alpha value is -0.100. The Labute approximate surface area is 139 Å². The number of hydrogen-bond donors (Lipinski definition) is 2. The van der Waals surface area contributed by atoms with Crippen molar-refractivity contribution in [1.29, 1.82) is 0 Å². The van der Waals surface area contributed by atoms with Crippen LogP contribution in [0.4, 0.5) is 0 Å². The van der Waals surface area contributed by atoms with Crippen molar-refractivity contribution in [3.05, 3.63) is 20.8 Å². The molecule has 1 aromatic heterocycles. The SMILES string of the molecule is CC1(CNC(=O)CCc2cc(Br)cs2)CCNCC1.Cl. The smallest absolute Gasteiger partial charge is 0.220 e. The molecule has 1 aromatic rings. The lowest BCUT2D eigenvalue weighted by Gasteiger charge is -2.34. The highest BCUT2D eigenvalue weighted by Crippen LogP contribution is 2.26. The summed E-state index contributed by atoms with van der Waals surface area (Å²) in [4.78, 5) is 13.1. The molecule has 2 N–H and O–H groups in total. The van der Waals surface area contributed by atoms with Crippen LogP contribution in [0.1, 0.15) is 31.1 Å². The minimum absolute atomic E-state index is 0. The third-order valence-corrected chi connectivity index (χ3v) is 5.50. The first kappa shape index (κ1) is 18.0. The minimum atomic E-state index is 0. The zero-order valence-electron chi connectivity index (χ0n) is 11.7. The molecule has 20 heavy (non-hydrogen) atoms. The number of nitrogens with one attached hydrogen (secondary N) is 2. The van der Waals surface area contributed by atoms with Crippen LogP contribution in [0, 0.1) is 5.41 Å². The van der Waals surface area contributed by atoms with Gasteiger partial charge in [0.05, 0.1) is 0 Å². The minimum Gasteiger partial charge on any atom is -0.356 e. The number of carbonyl (C=O) groups is 1. The molecule has 0 saturated carbocycles. The fraction of sp³-hybridized carbons (Fsp3) is 0.643. The Bertz CT molecular complexity index is 433. The topological polar surface area (TPSA) is 41.1 Å². The molecule has 0 aromatic carbocycles. The van der Waals surface area contributed by atoms with Gasteiger partial charge in [0, 0.05) is 27.7 Å². The van der Waals surface area contributed by atoms with Gasteiger partial charge in [0.1, 0.15) is 0 Å². The molecule has 0 unspecified atom stereocenters. The summed E-state index contributed by atoms with van der Waals surface area (Å²) in [7, 11) is 0. The van der Waals surface area contributed by atoms with Crippen molar-refractivity contribution in [2.75, 3.05) is 19.6 Å². The highest BCUT2D eigenvalue weighted by Gasteiger charge is 2.26. The van der Waals surface area contributed by atoms with Crippen molar-refractivity contribution >= 4 is 45.6 Å². The van der Waals surface area contributed by atoms with E-state index in [1.807, 2.05) is 0 Å². The average Bonchev–Trinajstić information content (AvgIpc) is 2.81. The first-order valence-corrected chi connectivity index (χ1v) is 8.45. The van der Waals surface area contributed by atoms with E-state index in [4.69, 9.17) is 0 Å². The number of piperidine rings is 1. The molecule has 0 bridgehead atoms. The van der Waals surface area contributed by atoms with E-state index < -0.39 is 0 Å². The Morgan fingerprint density at radius 3 is 2.80 bits per heavy atom. The third kappa shape index (κ3) is 5.72. The standard InChI is InChI=1S/C14H21BrN2OS.ClH/c1-14(4-6-16-7-5-14)10-17-13(18)3-2-12-8-11(15)9-19-12;/h8-9,16H,2-7,10H2,1H3,(H,17,18);1H. The van der Waals surface area contributed by atoms with Crippen LogP contribution in [-0.2, 0) is 11.2 Å². The van der Waals surface area contributed by atoms with Gasteiger partial charge < -0.3 is 10.6 Å². The number of thiophene rings is 1. The molecule has 0 spiro atoms. The van der Waals surface area contributed by atoms with Gasteiger partial charge in [-0.2, -0.15) is 0 Å². The number of hydrogen-bond acceptors (Lipinski definition) is 3. The van der Waals surface area contributed by atoms with Gasteiger partial charge in [-0.15, -0.1) is 23.7 Å². The normalized spacial score (nSPS) is 17.3. The van der Waals surface area contributed by atoms with Gasteiger partial charge in [0.25, 0.3) is 0 Å². The fourth-order valence-corrected chi connectivity index (χ4v) is 3.78. The molecule has 6 heteroatoms. The summed E-state index contributed by atoms with van der Waals surface area (Å²) in [5.41, 5.74) is 0.271. The molecule has 114 valence electrons. The second-order valence-corrected chi connectivity index (χ2v) is 7.48. The second-order valence-electron chi connectivity index (χ2n) is 5.57. The summed E-state index contributed by atoms with van der Waals surface area (Å²) in [6.45, 7) is 5.21. The molecule has 3 nitrogen and oxygen atoms in total. The molecular weight excluding hydrogens is 360 g/mol. The summed E-state index contributed by atoms with van der Waals surface area (Å²) in [5, 5.41) is 8.52. The zero-order chi connectivity index (χ0) is 13.7. The molecule has 1 aliphatic heterocycles. The Kier molecular flexibility index (Phi) is 7.51. The molecule has 0 atom stereocenters. The number of halogens is 2. The maximum atomic E-state index is 11.9. The molecular formula is C14H22BrClN2OS. The Morgan fingerprint density at radius 1 is 1.50 bits per heavy atom. The monoisotopic (exact) mass is 380 g/mol. The lowest BCUT2D eigenvalue weighted by Crippen LogP contribution is -2.42. The van der Waals surface area contributed by atoms with E-state index in [9.17, 15) is 4.79 Å². The summed E-state index contributed by atoms with van der Waals surface area (Å²) in [5.74, 6) is 0.171. The maximum Gasteiger partial charge on any atom is 0.220 e. The lowest BCUT2D eigenvalue weighted by atomic mass is 9.81. The first-order chi connectivity index (χ1) is 9.07. The van der Waals surface area contributed by atoms with Crippen LogP contribution in [0.2, 0.25) is 0 Å². The molecule has 0 radical (unpaired) electrons. The van der Waals surface area contributed by atoms with E-state index in [2.05, 4.69) is 44.9 Å². The van der Waals surface area contributed by atoms with Gasteiger partial charge >= 0.3 is 0 Å². The molecule has 2 heterocycles. The van der Waals surface area contributed by atoms with Crippen molar-refractivity contribution in [2.24, 2.45) is 5.41 Å². The van der Waals surface area contributed by atoms with E-state index in [0.29, 0.717) is 6.42 Å². The van der Waals surface area contributed by atoms with E-state index in [-0.39, 0.29) is 23.7 Å². The van der Waals surface area contributed by atoms with E-state index >= 15 is 0 Å². The van der Waals surface area contributed by atoms with E-state index in [1.165, 1.54) is 4.88 Å². The zero-order valence-corrected chi connectivity index (χ0v) is 14.9. The second kappa shape index (κ2) is 8.37. The number of aryl methyl sites for hydroxylation is 1. The number of rotatable bonds is 5. The molecule has 1 amide bonds. The van der Waals surface area contributed by atoms with Gasteiger partial charge in [-0.1, -0.05) is 6.92 Å². The van der Waals surface area contributed by atoms with Gasteiger partial charge in [0.2, 0.25) is 5.91 Å². The fourth-order valence-electron chi connectivity index (χ4n) is 2.33. The molecule has 1 fully saturated rings. The van der Waals surface area contributed by atoms with Crippen molar-refractivity contribution < 1.29 is 4.79 Å². The first-order valence-electron chi connectivity index (χ1n) is 6.78. The summed E-state index contributed by atoms with van der Waals surface area (Å²) >= 11 is 5.13. The summed E-state index contributed by atoms with van der Waals surface area (Å²) < 4.78 is 1.11. The largest absolute Gasteiger partial charge is 0.356 e. The number of carbonyl (C=O) groups excluding carboxylic acids is 1. The highest BCUT2D eigenvalue weighted by atomic mass is 79.9. The van der Waals surface area contributed by atoms with Crippen molar-refractivity contribution in [2.45, 2.75) is 32.6 Å². The lowest BCUT2D eigenvalue weighted by molar-refractivity contribution is -0.121. The predicted octanol–water partition coefficient (Wildman–Crippen LogP) is 3.37. The average molecular weight is 382 g/mol. The van der Waals surface area contributed by atoms with E-state index in [0.717, 1.165) is 43.4 Å². The van der Waals surface area contributed by atoms with Crippen LogP contribution in [0.5, 0.6) is 0 Å². The Balaban J connectivity index is 0.00000200. The van der Waals surface area contributed by atoms with Gasteiger partial charge in [0.15, 0.2) is 0 Å². The maximum absolute atomic E-state index is 11.9. The van der Waals surface area contributed by atoms with Crippen molar-refractivity contribution in [3.63, 3.8) is 0 Å². The quantitative estimate of drug-likeness (QED) is 0.821.